The monoisotopic (exact) mass is 473 g/mol. The highest BCUT2D eigenvalue weighted by Gasteiger charge is 2.21. The molecule has 11 heteroatoms. The Bertz CT molecular complexity index is 1630. The Labute approximate surface area is 197 Å². The van der Waals surface area contributed by atoms with Gasteiger partial charge in [0.15, 0.2) is 17.1 Å². The number of nitrogens with two attached hydrogens (primary N) is 1. The number of hydrogen-bond donors (Lipinski definition) is 3. The van der Waals surface area contributed by atoms with Gasteiger partial charge < -0.3 is 20.5 Å². The SMILES string of the molecule is Nc1ccc2c(c1)OC[C@H](CCNc1ncc3c4[nH]ncc4c(=O)n(-c4ccccc4F)c3n1)O2. The summed E-state index contributed by atoms with van der Waals surface area (Å²) in [5.74, 6) is 1.03. The number of aromatic amines is 1. The predicted octanol–water partition coefficient (Wildman–Crippen LogP) is 3.02. The van der Waals surface area contributed by atoms with E-state index in [-0.39, 0.29) is 17.4 Å². The van der Waals surface area contributed by atoms with Gasteiger partial charge in [-0.2, -0.15) is 10.1 Å². The van der Waals surface area contributed by atoms with Gasteiger partial charge in [-0.25, -0.2) is 9.37 Å². The van der Waals surface area contributed by atoms with Gasteiger partial charge in [-0.15, -0.1) is 0 Å². The maximum Gasteiger partial charge on any atom is 0.267 e. The lowest BCUT2D eigenvalue weighted by Gasteiger charge is -2.26. The molecule has 5 aromatic rings. The number of nitrogens with zero attached hydrogens (tertiary/aromatic N) is 4. The van der Waals surface area contributed by atoms with Crippen LogP contribution in [0.2, 0.25) is 0 Å². The molecular weight excluding hydrogens is 453 g/mol. The Morgan fingerprint density at radius 1 is 1.17 bits per heavy atom. The number of nitrogens with one attached hydrogen (secondary N) is 2. The van der Waals surface area contributed by atoms with Gasteiger partial charge in [0.1, 0.15) is 18.5 Å². The molecule has 10 nitrogen and oxygen atoms in total. The second-order valence-electron chi connectivity index (χ2n) is 8.15. The van der Waals surface area contributed by atoms with E-state index < -0.39 is 11.4 Å². The zero-order chi connectivity index (χ0) is 23.9. The van der Waals surface area contributed by atoms with Crippen molar-refractivity contribution in [2.45, 2.75) is 12.5 Å². The zero-order valence-corrected chi connectivity index (χ0v) is 18.4. The van der Waals surface area contributed by atoms with Crippen LogP contribution in [0.3, 0.4) is 0 Å². The summed E-state index contributed by atoms with van der Waals surface area (Å²) >= 11 is 0. The molecule has 0 saturated heterocycles. The molecule has 2 aromatic carbocycles. The van der Waals surface area contributed by atoms with Crippen LogP contribution in [-0.4, -0.2) is 44.0 Å². The molecule has 1 atom stereocenters. The second kappa shape index (κ2) is 8.28. The van der Waals surface area contributed by atoms with Crippen molar-refractivity contribution in [3.63, 3.8) is 0 Å². The zero-order valence-electron chi connectivity index (χ0n) is 18.4. The third kappa shape index (κ3) is 3.66. The standard InChI is InChI=1S/C24H20FN7O3/c25-17-3-1-2-4-18(17)32-22-15(21-16(23(32)33)11-29-31-21)10-28-24(30-22)27-8-7-14-12-34-20-9-13(26)5-6-19(20)35-14/h1-6,9-11,14H,7-8,12,26H2,(H,29,31)(H,27,28,30)/t14-/m0/s1. The molecule has 6 rings (SSSR count). The lowest BCUT2D eigenvalue weighted by molar-refractivity contribution is 0.0874. The molecule has 1 aliphatic heterocycles. The number of fused-ring (bicyclic) bond motifs is 4. The van der Waals surface area contributed by atoms with Gasteiger partial charge in [-0.3, -0.25) is 14.5 Å². The van der Waals surface area contributed by atoms with Crippen LogP contribution < -0.4 is 26.1 Å². The van der Waals surface area contributed by atoms with Crippen molar-refractivity contribution in [2.24, 2.45) is 0 Å². The number of aromatic nitrogens is 5. The fraction of sp³-hybridized carbons (Fsp3) is 0.167. The molecule has 0 spiro atoms. The van der Waals surface area contributed by atoms with Crippen LogP contribution in [0.1, 0.15) is 6.42 Å². The van der Waals surface area contributed by atoms with Gasteiger partial charge in [-0.05, 0) is 24.3 Å². The van der Waals surface area contributed by atoms with Crippen LogP contribution in [0.4, 0.5) is 16.0 Å². The molecule has 35 heavy (non-hydrogen) atoms. The Kier molecular flexibility index (Phi) is 4.94. The minimum Gasteiger partial charge on any atom is -0.486 e. The average Bonchev–Trinajstić information content (AvgIpc) is 3.36. The Morgan fingerprint density at radius 3 is 2.94 bits per heavy atom. The highest BCUT2D eigenvalue weighted by atomic mass is 19.1. The van der Waals surface area contributed by atoms with E-state index >= 15 is 0 Å². The van der Waals surface area contributed by atoms with Gasteiger partial charge >= 0.3 is 0 Å². The number of rotatable bonds is 5. The van der Waals surface area contributed by atoms with Gasteiger partial charge in [-0.1, -0.05) is 12.1 Å². The van der Waals surface area contributed by atoms with Crippen molar-refractivity contribution >= 4 is 33.6 Å². The molecule has 0 aliphatic carbocycles. The van der Waals surface area contributed by atoms with E-state index in [9.17, 15) is 9.18 Å². The van der Waals surface area contributed by atoms with E-state index in [1.807, 2.05) is 0 Å². The lowest BCUT2D eigenvalue weighted by atomic mass is 10.2. The lowest BCUT2D eigenvalue weighted by Crippen LogP contribution is -2.31. The van der Waals surface area contributed by atoms with E-state index in [1.54, 1.807) is 36.5 Å². The van der Waals surface area contributed by atoms with Crippen LogP contribution >= 0.6 is 0 Å². The summed E-state index contributed by atoms with van der Waals surface area (Å²) < 4.78 is 27.7. The van der Waals surface area contributed by atoms with Crippen molar-refractivity contribution in [1.29, 1.82) is 0 Å². The smallest absolute Gasteiger partial charge is 0.267 e. The summed E-state index contributed by atoms with van der Waals surface area (Å²) in [6, 6.07) is 11.3. The normalized spacial score (nSPS) is 14.9. The van der Waals surface area contributed by atoms with Crippen LogP contribution in [0.25, 0.3) is 27.6 Å². The van der Waals surface area contributed by atoms with Gasteiger partial charge in [0.05, 0.1) is 28.2 Å². The second-order valence-corrected chi connectivity index (χ2v) is 8.15. The van der Waals surface area contributed by atoms with Crippen molar-refractivity contribution in [3.05, 3.63) is 71.0 Å². The summed E-state index contributed by atoms with van der Waals surface area (Å²) in [5.41, 5.74) is 6.83. The van der Waals surface area contributed by atoms with Crippen LogP contribution in [0.5, 0.6) is 11.5 Å². The molecule has 0 bridgehead atoms. The van der Waals surface area contributed by atoms with E-state index in [2.05, 4.69) is 25.5 Å². The quantitative estimate of drug-likeness (QED) is 0.332. The van der Waals surface area contributed by atoms with E-state index in [4.69, 9.17) is 15.2 Å². The number of pyridine rings is 1. The van der Waals surface area contributed by atoms with Crippen LogP contribution in [0, 0.1) is 5.82 Å². The molecule has 0 unspecified atom stereocenters. The highest BCUT2D eigenvalue weighted by Crippen LogP contribution is 2.34. The number of para-hydroxylation sites is 1. The first-order chi connectivity index (χ1) is 17.1. The molecule has 1 aliphatic rings. The Morgan fingerprint density at radius 2 is 2.06 bits per heavy atom. The molecule has 4 heterocycles. The van der Waals surface area contributed by atoms with Crippen molar-refractivity contribution in [1.82, 2.24) is 24.7 Å². The molecule has 0 fully saturated rings. The number of hydrogen-bond acceptors (Lipinski definition) is 8. The summed E-state index contributed by atoms with van der Waals surface area (Å²) in [5, 5.41) is 10.8. The van der Waals surface area contributed by atoms with Crippen LogP contribution in [-0.2, 0) is 0 Å². The number of ether oxygens (including phenoxy) is 2. The number of halogens is 1. The molecule has 4 N–H and O–H groups in total. The maximum atomic E-state index is 14.7. The van der Waals surface area contributed by atoms with Gasteiger partial charge in [0, 0.05) is 30.9 Å². The molecule has 0 saturated carbocycles. The van der Waals surface area contributed by atoms with E-state index in [1.165, 1.54) is 22.9 Å². The number of H-pyrrole nitrogens is 1. The van der Waals surface area contributed by atoms with Crippen molar-refractivity contribution in [2.75, 3.05) is 24.2 Å². The highest BCUT2D eigenvalue weighted by molar-refractivity contribution is 6.02. The fourth-order valence-electron chi connectivity index (χ4n) is 4.15. The summed E-state index contributed by atoms with van der Waals surface area (Å²) in [6.07, 6.45) is 3.45. The summed E-state index contributed by atoms with van der Waals surface area (Å²) in [4.78, 5) is 22.2. The van der Waals surface area contributed by atoms with Gasteiger partial charge in [0.2, 0.25) is 5.95 Å². The third-order valence-corrected chi connectivity index (χ3v) is 5.85. The number of anilines is 2. The third-order valence-electron chi connectivity index (χ3n) is 5.85. The van der Waals surface area contributed by atoms with Crippen LogP contribution in [0.15, 0.2) is 59.7 Å². The summed E-state index contributed by atoms with van der Waals surface area (Å²) in [6.45, 7) is 0.876. The first-order valence-corrected chi connectivity index (χ1v) is 11.0. The average molecular weight is 473 g/mol. The van der Waals surface area contributed by atoms with E-state index in [0.29, 0.717) is 59.0 Å². The molecule has 0 radical (unpaired) electrons. The Balaban J connectivity index is 1.29. The molecule has 3 aromatic heterocycles. The van der Waals surface area contributed by atoms with Gasteiger partial charge in [0.25, 0.3) is 5.56 Å². The molecular formula is C24H20FN7O3. The molecule has 176 valence electrons. The van der Waals surface area contributed by atoms with Crippen molar-refractivity contribution in [3.8, 4) is 17.2 Å². The number of benzene rings is 2. The fourth-order valence-corrected chi connectivity index (χ4v) is 4.15. The number of nitrogen functional groups attached to an aromatic ring is 1. The van der Waals surface area contributed by atoms with E-state index in [0.717, 1.165) is 0 Å². The molecule has 0 amide bonds. The minimum absolute atomic E-state index is 0.0994. The maximum absolute atomic E-state index is 14.7. The largest absolute Gasteiger partial charge is 0.486 e. The topological polar surface area (TPSA) is 133 Å². The first kappa shape index (κ1) is 20.9. The van der Waals surface area contributed by atoms with Crippen molar-refractivity contribution < 1.29 is 13.9 Å². The summed E-state index contributed by atoms with van der Waals surface area (Å²) in [7, 11) is 0. The predicted molar refractivity (Wildman–Crippen MR) is 129 cm³/mol. The minimum atomic E-state index is -0.539. The first-order valence-electron chi connectivity index (χ1n) is 11.0. The Hall–Kier alpha value is -4.67.